The van der Waals surface area contributed by atoms with E-state index in [1.165, 1.54) is 13.2 Å². The highest BCUT2D eigenvalue weighted by Gasteiger charge is 2.44. The number of ether oxygens (including phenoxy) is 2. The van der Waals surface area contributed by atoms with Gasteiger partial charge in [0.05, 0.1) is 7.11 Å². The molecule has 1 heterocycles. The van der Waals surface area contributed by atoms with Gasteiger partial charge in [-0.2, -0.15) is 0 Å². The average Bonchev–Trinajstić information content (AvgIpc) is 2.78. The monoisotopic (exact) mass is 419 g/mol. The maximum atomic E-state index is 13.2. The van der Waals surface area contributed by atoms with Crippen molar-refractivity contribution >= 4 is 11.8 Å². The van der Waals surface area contributed by atoms with Gasteiger partial charge in [-0.1, -0.05) is 43.0 Å². The van der Waals surface area contributed by atoms with E-state index in [1.54, 1.807) is 12.1 Å². The van der Waals surface area contributed by atoms with Crippen molar-refractivity contribution in [1.82, 2.24) is 5.32 Å². The first kappa shape index (κ1) is 20.7. The predicted octanol–water partition coefficient (Wildman–Crippen LogP) is 3.97. The molecular formula is C25H25NO5. The summed E-state index contributed by atoms with van der Waals surface area (Å²) >= 11 is 0. The van der Waals surface area contributed by atoms with E-state index in [9.17, 15) is 14.7 Å². The molecule has 31 heavy (non-hydrogen) atoms. The van der Waals surface area contributed by atoms with Gasteiger partial charge in [0.25, 0.3) is 0 Å². The lowest BCUT2D eigenvalue weighted by Crippen LogP contribution is -2.41. The zero-order valence-electron chi connectivity index (χ0n) is 17.4. The minimum Gasteiger partial charge on any atom is -0.504 e. The molecule has 2 atom stereocenters. The second-order valence-corrected chi connectivity index (χ2v) is 7.80. The van der Waals surface area contributed by atoms with E-state index in [0.29, 0.717) is 23.3 Å². The molecule has 0 radical (unpaired) electrons. The number of allylic oxidation sites excluding steroid dienone is 2. The molecule has 2 aromatic rings. The maximum Gasteiger partial charge on any atom is 0.316 e. The lowest BCUT2D eigenvalue weighted by Gasteiger charge is -2.38. The molecular weight excluding hydrogens is 394 g/mol. The van der Waals surface area contributed by atoms with Crippen LogP contribution in [0.5, 0.6) is 11.5 Å². The molecule has 1 aliphatic heterocycles. The van der Waals surface area contributed by atoms with Gasteiger partial charge < -0.3 is 19.9 Å². The highest BCUT2D eigenvalue weighted by atomic mass is 16.5. The van der Waals surface area contributed by atoms with Gasteiger partial charge in [0, 0.05) is 29.3 Å². The maximum absolute atomic E-state index is 13.2. The summed E-state index contributed by atoms with van der Waals surface area (Å²) in [5.74, 6) is -1.51. The van der Waals surface area contributed by atoms with Gasteiger partial charge in [-0.05, 0) is 36.1 Å². The third-order valence-corrected chi connectivity index (χ3v) is 5.83. The number of esters is 1. The molecule has 6 nitrogen and oxygen atoms in total. The Morgan fingerprint density at radius 3 is 2.71 bits per heavy atom. The molecule has 160 valence electrons. The number of Topliss-reactive ketones (excluding diaryl/α,β-unsaturated/α-hetero) is 1. The zero-order valence-corrected chi connectivity index (χ0v) is 17.4. The summed E-state index contributed by atoms with van der Waals surface area (Å²) < 4.78 is 10.9. The molecule has 0 aromatic heterocycles. The van der Waals surface area contributed by atoms with Crippen molar-refractivity contribution in [3.63, 3.8) is 0 Å². The van der Waals surface area contributed by atoms with Crippen molar-refractivity contribution in [2.45, 2.75) is 31.8 Å². The number of ketones is 1. The Kier molecular flexibility index (Phi) is 5.80. The topological polar surface area (TPSA) is 84.9 Å². The van der Waals surface area contributed by atoms with Gasteiger partial charge in [0.2, 0.25) is 0 Å². The summed E-state index contributed by atoms with van der Waals surface area (Å²) in [6.07, 6.45) is 1.91. The Labute approximate surface area is 181 Å². The second-order valence-electron chi connectivity index (χ2n) is 7.80. The van der Waals surface area contributed by atoms with Gasteiger partial charge in [-0.15, -0.1) is 0 Å². The lowest BCUT2D eigenvalue weighted by molar-refractivity contribution is -0.149. The highest BCUT2D eigenvalue weighted by Crippen LogP contribution is 2.45. The molecule has 0 saturated carbocycles. The van der Waals surface area contributed by atoms with Crippen LogP contribution in [-0.4, -0.2) is 24.0 Å². The number of aromatic hydroxyl groups is 1. The van der Waals surface area contributed by atoms with Crippen molar-refractivity contribution < 1.29 is 24.2 Å². The fraction of sp³-hybridized carbons (Fsp3) is 0.280. The minimum absolute atomic E-state index is 0.00797. The van der Waals surface area contributed by atoms with Crippen LogP contribution in [0.25, 0.3) is 0 Å². The Morgan fingerprint density at radius 1 is 1.19 bits per heavy atom. The normalized spacial score (nSPS) is 20.7. The molecule has 0 saturated heterocycles. The third kappa shape index (κ3) is 4.06. The molecule has 0 spiro atoms. The van der Waals surface area contributed by atoms with Crippen molar-refractivity contribution in [3.05, 3.63) is 83.2 Å². The van der Waals surface area contributed by atoms with Crippen LogP contribution in [0, 0.1) is 5.92 Å². The summed E-state index contributed by atoms with van der Waals surface area (Å²) in [7, 11) is 1.46. The van der Waals surface area contributed by atoms with Crippen LogP contribution in [0.1, 0.15) is 36.3 Å². The van der Waals surface area contributed by atoms with E-state index in [-0.39, 0.29) is 23.9 Å². The Hall–Kier alpha value is -3.54. The number of hydrogen-bond acceptors (Lipinski definition) is 6. The van der Waals surface area contributed by atoms with Crippen LogP contribution in [0.4, 0.5) is 0 Å². The second kappa shape index (κ2) is 8.68. The molecule has 6 heteroatoms. The fourth-order valence-corrected chi connectivity index (χ4v) is 4.34. The summed E-state index contributed by atoms with van der Waals surface area (Å²) in [5, 5.41) is 13.2. The van der Waals surface area contributed by atoms with E-state index in [4.69, 9.17) is 9.47 Å². The van der Waals surface area contributed by atoms with Crippen LogP contribution in [0.15, 0.2) is 72.1 Å². The molecule has 0 fully saturated rings. The van der Waals surface area contributed by atoms with E-state index >= 15 is 0 Å². The van der Waals surface area contributed by atoms with Gasteiger partial charge >= 0.3 is 5.97 Å². The third-order valence-electron chi connectivity index (χ3n) is 5.83. The van der Waals surface area contributed by atoms with Crippen LogP contribution in [-0.2, 0) is 20.9 Å². The van der Waals surface area contributed by atoms with Gasteiger partial charge in [0.15, 0.2) is 17.3 Å². The Balaban J connectivity index is 1.73. The Morgan fingerprint density at radius 2 is 1.97 bits per heavy atom. The van der Waals surface area contributed by atoms with Crippen LogP contribution < -0.4 is 10.1 Å². The van der Waals surface area contributed by atoms with Crippen molar-refractivity contribution in [3.8, 4) is 11.5 Å². The number of benzene rings is 2. The quantitative estimate of drug-likeness (QED) is 0.714. The summed E-state index contributed by atoms with van der Waals surface area (Å²) in [6, 6.07) is 14.3. The fourth-order valence-electron chi connectivity index (χ4n) is 4.34. The number of carbonyl (C=O) groups is 2. The first-order chi connectivity index (χ1) is 15.0. The van der Waals surface area contributed by atoms with Crippen molar-refractivity contribution in [2.75, 3.05) is 7.11 Å². The summed E-state index contributed by atoms with van der Waals surface area (Å²) in [4.78, 5) is 26.2. The molecule has 2 N–H and O–H groups in total. The number of nitrogens with one attached hydrogen (secondary N) is 1. The molecule has 1 aliphatic carbocycles. The van der Waals surface area contributed by atoms with Gasteiger partial charge in [-0.25, -0.2) is 0 Å². The molecule has 4 rings (SSSR count). The zero-order chi connectivity index (χ0) is 22.0. The first-order valence-electron chi connectivity index (χ1n) is 10.3. The standard InChI is InChI=1S/C25H25NO5/c1-15-22(25(29)31-14-16-7-4-3-5-8-16)23(17-11-12-19(27)21(13-17)30-2)24-18(26-15)9-6-10-20(24)28/h3-5,7-8,11-13,22-23,26-27H,1,6,9-10,14H2,2H3. The minimum atomic E-state index is -0.779. The van der Waals surface area contributed by atoms with Crippen molar-refractivity contribution in [2.24, 2.45) is 5.92 Å². The van der Waals surface area contributed by atoms with Crippen molar-refractivity contribution in [1.29, 1.82) is 0 Å². The summed E-state index contributed by atoms with van der Waals surface area (Å²) in [5.41, 5.74) is 3.48. The Bertz CT molecular complexity index is 1060. The highest BCUT2D eigenvalue weighted by molar-refractivity contribution is 6.00. The number of phenols is 1. The number of hydrogen-bond donors (Lipinski definition) is 2. The average molecular weight is 419 g/mol. The SMILES string of the molecule is C=C1NC2=C(C(=O)CCC2)C(c2ccc(O)c(OC)c2)C1C(=O)OCc1ccccc1. The first-order valence-corrected chi connectivity index (χ1v) is 10.3. The molecule has 2 unspecified atom stereocenters. The predicted molar refractivity (Wildman–Crippen MR) is 115 cm³/mol. The molecule has 0 bridgehead atoms. The molecule has 2 aromatic carbocycles. The largest absolute Gasteiger partial charge is 0.504 e. The molecule has 0 amide bonds. The number of methoxy groups -OCH3 is 1. The molecule has 2 aliphatic rings. The smallest absolute Gasteiger partial charge is 0.316 e. The van der Waals surface area contributed by atoms with E-state index < -0.39 is 17.8 Å². The van der Waals surface area contributed by atoms with Crippen LogP contribution in [0.3, 0.4) is 0 Å². The van der Waals surface area contributed by atoms with Gasteiger partial charge in [0.1, 0.15) is 12.5 Å². The van der Waals surface area contributed by atoms with Crippen LogP contribution in [0.2, 0.25) is 0 Å². The summed E-state index contributed by atoms with van der Waals surface area (Å²) in [6.45, 7) is 4.22. The number of carbonyl (C=O) groups excluding carboxylic acids is 2. The number of phenolic OH excluding ortho intramolecular Hbond substituents is 1. The van der Waals surface area contributed by atoms with Gasteiger partial charge in [-0.3, -0.25) is 9.59 Å². The van der Waals surface area contributed by atoms with Crippen LogP contribution >= 0.6 is 0 Å². The van der Waals surface area contributed by atoms with E-state index in [2.05, 4.69) is 11.9 Å². The lowest BCUT2D eigenvalue weighted by atomic mass is 9.71. The van der Waals surface area contributed by atoms with E-state index in [0.717, 1.165) is 24.1 Å². The number of rotatable bonds is 5. The van der Waals surface area contributed by atoms with E-state index in [1.807, 2.05) is 30.3 Å².